The normalized spacial score (nSPS) is 12.5. The van der Waals surface area contributed by atoms with E-state index in [1.807, 2.05) is 19.3 Å². The molecule has 0 aliphatic heterocycles. The highest BCUT2D eigenvalue weighted by Crippen LogP contribution is 2.31. The number of aromatic nitrogens is 1. The molecule has 2 aromatic carbocycles. The largest absolute Gasteiger partial charge is 0.309 e. The van der Waals surface area contributed by atoms with E-state index in [-0.39, 0.29) is 6.04 Å². The van der Waals surface area contributed by atoms with Gasteiger partial charge in [0, 0.05) is 19.6 Å². The second-order valence-electron chi connectivity index (χ2n) is 4.84. The van der Waals surface area contributed by atoms with E-state index in [4.69, 9.17) is 0 Å². The van der Waals surface area contributed by atoms with Gasteiger partial charge in [-0.1, -0.05) is 34.1 Å². The summed E-state index contributed by atoms with van der Waals surface area (Å²) in [5.41, 5.74) is 3.48. The number of hydrogen-bond donors (Lipinski definition) is 1. The molecule has 1 heterocycles. The van der Waals surface area contributed by atoms with Crippen LogP contribution < -0.4 is 5.32 Å². The summed E-state index contributed by atoms with van der Waals surface area (Å²) in [6.45, 7) is 0. The van der Waals surface area contributed by atoms with Crippen LogP contribution in [0.4, 0.5) is 0 Å². The first-order chi connectivity index (χ1) is 10.2. The first kappa shape index (κ1) is 14.9. The van der Waals surface area contributed by atoms with Crippen LogP contribution in [0.3, 0.4) is 0 Å². The van der Waals surface area contributed by atoms with Gasteiger partial charge in [0.1, 0.15) is 0 Å². The van der Waals surface area contributed by atoms with Gasteiger partial charge in [-0.15, -0.1) is 0 Å². The van der Waals surface area contributed by atoms with Crippen LogP contribution in [0.15, 0.2) is 59.2 Å². The Kier molecular flexibility index (Phi) is 4.57. The summed E-state index contributed by atoms with van der Waals surface area (Å²) in [5.74, 6) is 0. The molecule has 0 aliphatic rings. The van der Waals surface area contributed by atoms with Crippen LogP contribution in [0.2, 0.25) is 0 Å². The maximum Gasteiger partial charge on any atom is 0.0705 e. The molecule has 1 atom stereocenters. The maximum atomic E-state index is 4.45. The van der Waals surface area contributed by atoms with Crippen molar-refractivity contribution in [3.8, 4) is 0 Å². The zero-order valence-electron chi connectivity index (χ0n) is 11.5. The molecule has 21 heavy (non-hydrogen) atoms. The molecule has 1 N–H and O–H groups in total. The van der Waals surface area contributed by atoms with Crippen LogP contribution >= 0.6 is 38.5 Å². The Balaban J connectivity index is 2.11. The Morgan fingerprint density at radius 2 is 2.00 bits per heavy atom. The molecule has 1 unspecified atom stereocenters. The number of halogens is 2. The second-order valence-corrected chi connectivity index (χ2v) is 6.94. The van der Waals surface area contributed by atoms with Crippen molar-refractivity contribution in [2.24, 2.45) is 0 Å². The van der Waals surface area contributed by atoms with Gasteiger partial charge in [-0.25, -0.2) is 0 Å². The minimum atomic E-state index is 0.139. The van der Waals surface area contributed by atoms with Gasteiger partial charge < -0.3 is 5.32 Å². The molecular weight excluding hydrogens is 439 g/mol. The summed E-state index contributed by atoms with van der Waals surface area (Å²) >= 11 is 6.00. The third-order valence-electron chi connectivity index (χ3n) is 3.52. The highest BCUT2D eigenvalue weighted by Gasteiger charge is 2.16. The van der Waals surface area contributed by atoms with Gasteiger partial charge in [0.25, 0.3) is 0 Å². The Hall–Kier alpha value is -0.980. The second kappa shape index (κ2) is 6.42. The van der Waals surface area contributed by atoms with Crippen LogP contribution in [0.5, 0.6) is 0 Å². The Morgan fingerprint density at radius 3 is 2.81 bits per heavy atom. The number of hydrogen-bond acceptors (Lipinski definition) is 2. The van der Waals surface area contributed by atoms with Crippen molar-refractivity contribution in [1.82, 2.24) is 10.3 Å². The lowest BCUT2D eigenvalue weighted by molar-refractivity contribution is 0.689. The fourth-order valence-corrected chi connectivity index (χ4v) is 3.49. The molecule has 0 fully saturated rings. The average Bonchev–Trinajstić information content (AvgIpc) is 2.51. The number of rotatable bonds is 3. The standard InChI is InChI=1S/C17H14BrIN2/c1-20-17(14-10-13(19)6-7-15(14)18)12-5-4-11-3-2-8-21-16(11)9-12/h2-10,17,20H,1H3. The van der Waals surface area contributed by atoms with Gasteiger partial charge in [0.05, 0.1) is 11.6 Å². The third-order valence-corrected chi connectivity index (χ3v) is 4.91. The van der Waals surface area contributed by atoms with Crippen LogP contribution in [0.1, 0.15) is 17.2 Å². The predicted octanol–water partition coefficient (Wildman–Crippen LogP) is 4.91. The third kappa shape index (κ3) is 3.12. The van der Waals surface area contributed by atoms with Gasteiger partial charge in [0.2, 0.25) is 0 Å². The minimum Gasteiger partial charge on any atom is -0.309 e. The van der Waals surface area contributed by atoms with E-state index in [0.29, 0.717) is 0 Å². The summed E-state index contributed by atoms with van der Waals surface area (Å²) in [6.07, 6.45) is 1.84. The molecule has 106 valence electrons. The van der Waals surface area contributed by atoms with Crippen LogP contribution in [0, 0.1) is 3.57 Å². The van der Waals surface area contributed by atoms with E-state index in [1.54, 1.807) is 0 Å². The van der Waals surface area contributed by atoms with Crippen molar-refractivity contribution in [1.29, 1.82) is 0 Å². The van der Waals surface area contributed by atoms with E-state index in [0.717, 1.165) is 15.4 Å². The maximum absolute atomic E-state index is 4.45. The summed E-state index contributed by atoms with van der Waals surface area (Å²) in [4.78, 5) is 4.45. The van der Waals surface area contributed by atoms with Crippen molar-refractivity contribution in [3.05, 3.63) is 73.9 Å². The van der Waals surface area contributed by atoms with Gasteiger partial charge >= 0.3 is 0 Å². The van der Waals surface area contributed by atoms with E-state index in [9.17, 15) is 0 Å². The fourth-order valence-electron chi connectivity index (χ4n) is 2.50. The first-order valence-corrected chi connectivity index (χ1v) is 8.53. The zero-order valence-corrected chi connectivity index (χ0v) is 15.2. The lowest BCUT2D eigenvalue weighted by atomic mass is 9.98. The number of nitrogens with one attached hydrogen (secondary N) is 1. The van der Waals surface area contributed by atoms with E-state index < -0.39 is 0 Å². The average molecular weight is 453 g/mol. The van der Waals surface area contributed by atoms with Gasteiger partial charge in [0.15, 0.2) is 0 Å². The molecule has 0 spiro atoms. The summed E-state index contributed by atoms with van der Waals surface area (Å²) in [6, 6.07) is 17.0. The molecule has 3 rings (SSSR count). The zero-order chi connectivity index (χ0) is 14.8. The molecule has 0 amide bonds. The molecule has 0 bridgehead atoms. The van der Waals surface area contributed by atoms with Crippen LogP contribution in [0.25, 0.3) is 10.9 Å². The van der Waals surface area contributed by atoms with Gasteiger partial charge in [-0.3, -0.25) is 4.98 Å². The summed E-state index contributed by atoms with van der Waals surface area (Å²) in [5, 5.41) is 4.57. The van der Waals surface area contributed by atoms with Crippen LogP contribution in [-0.2, 0) is 0 Å². The van der Waals surface area contributed by atoms with Crippen molar-refractivity contribution in [2.75, 3.05) is 7.05 Å². The minimum absolute atomic E-state index is 0.139. The molecular formula is C17H14BrIN2. The van der Waals surface area contributed by atoms with E-state index in [1.165, 1.54) is 14.7 Å². The fraction of sp³-hybridized carbons (Fsp3) is 0.118. The van der Waals surface area contributed by atoms with Gasteiger partial charge in [-0.2, -0.15) is 0 Å². The molecule has 3 aromatic rings. The number of pyridine rings is 1. The SMILES string of the molecule is CNC(c1ccc2cccnc2c1)c1cc(I)ccc1Br. The number of fused-ring (bicyclic) bond motifs is 1. The van der Waals surface area contributed by atoms with Gasteiger partial charge in [-0.05, 0) is 71.1 Å². The molecule has 0 radical (unpaired) electrons. The highest BCUT2D eigenvalue weighted by atomic mass is 127. The summed E-state index contributed by atoms with van der Waals surface area (Å²) < 4.78 is 2.34. The lowest BCUT2D eigenvalue weighted by Gasteiger charge is -2.19. The van der Waals surface area contributed by atoms with Crippen molar-refractivity contribution in [2.45, 2.75) is 6.04 Å². The van der Waals surface area contributed by atoms with E-state index >= 15 is 0 Å². The van der Waals surface area contributed by atoms with Crippen LogP contribution in [-0.4, -0.2) is 12.0 Å². The molecule has 0 saturated heterocycles. The quantitative estimate of drug-likeness (QED) is 0.571. The Morgan fingerprint density at radius 1 is 1.14 bits per heavy atom. The summed E-state index contributed by atoms with van der Waals surface area (Å²) in [7, 11) is 1.99. The van der Waals surface area contributed by atoms with Crippen molar-refractivity contribution in [3.63, 3.8) is 0 Å². The first-order valence-electron chi connectivity index (χ1n) is 6.66. The smallest absolute Gasteiger partial charge is 0.0705 e. The van der Waals surface area contributed by atoms with Crippen molar-refractivity contribution >= 4 is 49.4 Å². The topological polar surface area (TPSA) is 24.9 Å². The Bertz CT molecular complexity index is 789. The monoisotopic (exact) mass is 452 g/mol. The predicted molar refractivity (Wildman–Crippen MR) is 99.5 cm³/mol. The highest BCUT2D eigenvalue weighted by molar-refractivity contribution is 14.1. The molecule has 0 saturated carbocycles. The molecule has 1 aromatic heterocycles. The van der Waals surface area contributed by atoms with E-state index in [2.05, 4.69) is 91.3 Å². The molecule has 0 aliphatic carbocycles. The van der Waals surface area contributed by atoms with Crippen molar-refractivity contribution < 1.29 is 0 Å². The number of nitrogens with zero attached hydrogens (tertiary/aromatic N) is 1. The molecule has 4 heteroatoms. The Labute approximate surface area is 146 Å². The molecule has 2 nitrogen and oxygen atoms in total. The number of benzene rings is 2. The lowest BCUT2D eigenvalue weighted by Crippen LogP contribution is -2.18.